The number of benzene rings is 2. The summed E-state index contributed by atoms with van der Waals surface area (Å²) in [5.74, 6) is -0.236. The van der Waals surface area contributed by atoms with Crippen molar-refractivity contribution in [1.82, 2.24) is 5.53 Å². The molecular weight excluding hydrogens is 285 g/mol. The Morgan fingerprint density at radius 1 is 0.909 bits per heavy atom. The smallest absolute Gasteiger partial charge is 0.234 e. The Morgan fingerprint density at radius 2 is 1.64 bits per heavy atom. The van der Waals surface area contributed by atoms with Crippen molar-refractivity contribution in [3.63, 3.8) is 0 Å². The molecule has 0 atom stereocenters. The normalized spacial score (nSPS) is 15.5. The number of hydrazine groups is 2. The van der Waals surface area contributed by atoms with Crippen molar-refractivity contribution in [3.8, 4) is 0 Å². The number of anilines is 2. The van der Waals surface area contributed by atoms with E-state index in [1.165, 1.54) is 17.1 Å². The number of nitrogens with one attached hydrogen (secondary N) is 1. The predicted molar refractivity (Wildman–Crippen MR) is 83.2 cm³/mol. The van der Waals surface area contributed by atoms with Crippen molar-refractivity contribution >= 4 is 17.5 Å². The number of halogens is 1. The Balaban J connectivity index is 0.00000144. The molecule has 4 N–H and O–H groups in total. The highest BCUT2D eigenvalue weighted by atomic mass is 19.1. The number of hydrogen-bond acceptors (Lipinski definition) is 4. The third-order valence-corrected chi connectivity index (χ3v) is 3.57. The first kappa shape index (κ1) is 14.1. The SMILES string of the molecule is O.OC1=C2C=Cc3ccccc3N2NN1c1ccc(F)cc1. The van der Waals surface area contributed by atoms with Gasteiger partial charge in [0.1, 0.15) is 11.5 Å². The number of rotatable bonds is 1. The number of nitrogens with zero attached hydrogens (tertiary/aromatic N) is 2. The third kappa shape index (κ3) is 2.02. The summed E-state index contributed by atoms with van der Waals surface area (Å²) in [5.41, 5.74) is 6.42. The first-order valence-electron chi connectivity index (χ1n) is 6.56. The molecule has 0 saturated carbocycles. The lowest BCUT2D eigenvalue weighted by atomic mass is 10.1. The molecule has 0 aliphatic carbocycles. The summed E-state index contributed by atoms with van der Waals surface area (Å²) in [5, 5.41) is 13.7. The van der Waals surface area contributed by atoms with Crippen molar-refractivity contribution in [2.24, 2.45) is 0 Å². The Labute approximate surface area is 126 Å². The fourth-order valence-electron chi connectivity index (χ4n) is 2.52. The first-order chi connectivity index (χ1) is 10.2. The monoisotopic (exact) mass is 299 g/mol. The Kier molecular flexibility index (Phi) is 3.32. The van der Waals surface area contributed by atoms with E-state index in [2.05, 4.69) is 5.53 Å². The van der Waals surface area contributed by atoms with E-state index in [9.17, 15) is 9.50 Å². The second-order valence-corrected chi connectivity index (χ2v) is 4.85. The molecule has 6 heteroatoms. The summed E-state index contributed by atoms with van der Waals surface area (Å²) in [7, 11) is 0. The molecular formula is C16H14FN3O2. The van der Waals surface area contributed by atoms with Gasteiger partial charge in [-0.15, -0.1) is 5.53 Å². The van der Waals surface area contributed by atoms with E-state index >= 15 is 0 Å². The molecule has 2 aromatic carbocycles. The number of hydrogen-bond donors (Lipinski definition) is 2. The molecule has 0 unspecified atom stereocenters. The fraction of sp³-hybridized carbons (Fsp3) is 0. The van der Waals surface area contributed by atoms with Crippen LogP contribution < -0.4 is 15.6 Å². The summed E-state index contributed by atoms with van der Waals surface area (Å²) in [6.45, 7) is 0. The highest BCUT2D eigenvalue weighted by Crippen LogP contribution is 2.35. The van der Waals surface area contributed by atoms with Crippen LogP contribution in [0.15, 0.2) is 66.2 Å². The van der Waals surface area contributed by atoms with Crippen LogP contribution in [0, 0.1) is 5.82 Å². The zero-order valence-corrected chi connectivity index (χ0v) is 11.5. The molecule has 22 heavy (non-hydrogen) atoms. The second-order valence-electron chi connectivity index (χ2n) is 4.85. The van der Waals surface area contributed by atoms with Gasteiger partial charge >= 0.3 is 0 Å². The molecule has 2 aliphatic rings. The standard InChI is InChI=1S/C16H12FN3O.H2O/c17-12-6-8-13(9-7-12)19-16(21)15-10-5-11-3-1-2-4-14(11)20(15)18-19;/h1-10,18,21H;1H2. The highest BCUT2D eigenvalue weighted by molar-refractivity contribution is 5.78. The van der Waals surface area contributed by atoms with E-state index in [0.717, 1.165) is 11.3 Å². The van der Waals surface area contributed by atoms with Crippen molar-refractivity contribution in [3.05, 3.63) is 77.6 Å². The lowest BCUT2D eigenvalue weighted by Gasteiger charge is -2.26. The number of fused-ring (bicyclic) bond motifs is 3. The van der Waals surface area contributed by atoms with Crippen molar-refractivity contribution in [2.75, 3.05) is 10.0 Å². The maximum absolute atomic E-state index is 13.0. The maximum atomic E-state index is 13.0. The average molecular weight is 299 g/mol. The van der Waals surface area contributed by atoms with Crippen LogP contribution >= 0.6 is 0 Å². The highest BCUT2D eigenvalue weighted by Gasteiger charge is 2.32. The van der Waals surface area contributed by atoms with Crippen molar-refractivity contribution in [2.45, 2.75) is 0 Å². The zero-order chi connectivity index (χ0) is 14.4. The predicted octanol–water partition coefficient (Wildman–Crippen LogP) is 2.50. The molecule has 0 amide bonds. The van der Waals surface area contributed by atoms with E-state index < -0.39 is 0 Å². The van der Waals surface area contributed by atoms with Gasteiger partial charge in [0, 0.05) is 0 Å². The van der Waals surface area contributed by atoms with Crippen LogP contribution in [0.4, 0.5) is 15.8 Å². The van der Waals surface area contributed by atoms with Crippen molar-refractivity contribution in [1.29, 1.82) is 0 Å². The van der Waals surface area contributed by atoms with Gasteiger partial charge in [0.15, 0.2) is 0 Å². The number of para-hydroxylation sites is 1. The van der Waals surface area contributed by atoms with Gasteiger partial charge in [-0.2, -0.15) is 0 Å². The van der Waals surface area contributed by atoms with E-state index in [1.54, 1.807) is 17.1 Å². The first-order valence-corrected chi connectivity index (χ1v) is 6.56. The van der Waals surface area contributed by atoms with Gasteiger partial charge in [0.2, 0.25) is 5.88 Å². The lowest BCUT2D eigenvalue weighted by Crippen LogP contribution is -2.42. The molecule has 0 radical (unpaired) electrons. The molecule has 0 saturated heterocycles. The van der Waals surface area contributed by atoms with Gasteiger partial charge in [-0.25, -0.2) is 9.40 Å². The molecule has 0 bridgehead atoms. The van der Waals surface area contributed by atoms with E-state index in [4.69, 9.17) is 0 Å². The summed E-state index contributed by atoms with van der Waals surface area (Å²) >= 11 is 0. The molecule has 4 rings (SSSR count). The molecule has 2 heterocycles. The molecule has 0 spiro atoms. The molecule has 0 fully saturated rings. The molecule has 0 aromatic heterocycles. The minimum absolute atomic E-state index is 0. The number of aliphatic hydroxyl groups is 1. The minimum atomic E-state index is -0.312. The van der Waals surface area contributed by atoms with Crippen LogP contribution in [0.25, 0.3) is 6.08 Å². The number of aliphatic hydroxyl groups excluding tert-OH is 1. The van der Waals surface area contributed by atoms with Crippen LogP contribution in [0.3, 0.4) is 0 Å². The van der Waals surface area contributed by atoms with Crippen LogP contribution in [-0.4, -0.2) is 10.6 Å². The van der Waals surface area contributed by atoms with E-state index in [1.807, 2.05) is 36.4 Å². The lowest BCUT2D eigenvalue weighted by molar-refractivity contribution is 0.388. The average Bonchev–Trinajstić information content (AvgIpc) is 2.86. The van der Waals surface area contributed by atoms with Crippen LogP contribution in [0.2, 0.25) is 0 Å². The van der Waals surface area contributed by atoms with Crippen LogP contribution in [-0.2, 0) is 0 Å². The Bertz CT molecular complexity index is 771. The van der Waals surface area contributed by atoms with E-state index in [0.29, 0.717) is 11.4 Å². The number of allylic oxidation sites excluding steroid dienone is 1. The molecule has 5 nitrogen and oxygen atoms in total. The van der Waals surface area contributed by atoms with Gasteiger partial charge in [0.25, 0.3) is 0 Å². The molecule has 2 aromatic rings. The largest absolute Gasteiger partial charge is 0.492 e. The minimum Gasteiger partial charge on any atom is -0.492 e. The maximum Gasteiger partial charge on any atom is 0.234 e. The van der Waals surface area contributed by atoms with Gasteiger partial charge in [-0.05, 0) is 42.0 Å². The third-order valence-electron chi connectivity index (χ3n) is 3.57. The molecule has 2 aliphatic heterocycles. The van der Waals surface area contributed by atoms with Crippen LogP contribution in [0.1, 0.15) is 5.56 Å². The quantitative estimate of drug-likeness (QED) is 0.849. The summed E-state index contributed by atoms with van der Waals surface area (Å²) < 4.78 is 13.0. The van der Waals surface area contributed by atoms with E-state index in [-0.39, 0.29) is 17.2 Å². The Hall–Kier alpha value is -2.83. The summed E-state index contributed by atoms with van der Waals surface area (Å²) in [4.78, 5) is 0. The molecule has 112 valence electrons. The second kappa shape index (κ2) is 5.18. The topological polar surface area (TPSA) is 70.2 Å². The summed E-state index contributed by atoms with van der Waals surface area (Å²) in [6, 6.07) is 13.8. The fourth-order valence-corrected chi connectivity index (χ4v) is 2.52. The Morgan fingerprint density at radius 3 is 2.41 bits per heavy atom. The van der Waals surface area contributed by atoms with Crippen molar-refractivity contribution < 1.29 is 15.0 Å². The van der Waals surface area contributed by atoms with Gasteiger partial charge in [-0.3, -0.25) is 5.01 Å². The van der Waals surface area contributed by atoms with Gasteiger partial charge in [0.05, 0.1) is 11.4 Å². The van der Waals surface area contributed by atoms with Gasteiger partial charge < -0.3 is 10.6 Å². The van der Waals surface area contributed by atoms with Crippen LogP contribution in [0.5, 0.6) is 0 Å². The zero-order valence-electron chi connectivity index (χ0n) is 11.5. The summed E-state index contributed by atoms with van der Waals surface area (Å²) in [6.07, 6.45) is 3.79. The van der Waals surface area contributed by atoms with Gasteiger partial charge in [-0.1, -0.05) is 24.3 Å².